The summed E-state index contributed by atoms with van der Waals surface area (Å²) in [5, 5.41) is 9.18. The third-order valence-electron chi connectivity index (χ3n) is 8.46. The Balaban J connectivity index is 1.16. The number of hydrogen-bond donors (Lipinski definition) is 2. The minimum Gasteiger partial charge on any atom is -0.480 e. The molecular formula is C35H40N2O6S. The average molecular weight is 617 g/mol. The highest BCUT2D eigenvalue weighted by molar-refractivity contribution is 7.85. The number of carbonyl (C=O) groups excluding carboxylic acids is 1. The molecule has 5 rings (SSSR count). The van der Waals surface area contributed by atoms with Gasteiger partial charge in [0.2, 0.25) is 0 Å². The molecule has 0 amide bonds. The summed E-state index contributed by atoms with van der Waals surface area (Å²) in [6, 6.07) is 12.5. The molecule has 0 aromatic heterocycles. The van der Waals surface area contributed by atoms with Crippen LogP contribution in [0.5, 0.6) is 0 Å². The number of allylic oxidation sites excluding steroid dienone is 6. The van der Waals surface area contributed by atoms with Crippen molar-refractivity contribution in [3.8, 4) is 0 Å². The van der Waals surface area contributed by atoms with Gasteiger partial charge >= 0.3 is 5.97 Å². The molecule has 1 fully saturated rings. The highest BCUT2D eigenvalue weighted by atomic mass is 32.2. The van der Waals surface area contributed by atoms with Crippen molar-refractivity contribution in [2.24, 2.45) is 0 Å². The van der Waals surface area contributed by atoms with E-state index in [1.165, 1.54) is 11.3 Å². The number of carboxylic acid groups (broad SMARTS) is 1. The lowest BCUT2D eigenvalue weighted by atomic mass is 9.98. The van der Waals surface area contributed by atoms with E-state index in [2.05, 4.69) is 29.2 Å². The topological polar surface area (TPSA) is 115 Å². The van der Waals surface area contributed by atoms with Gasteiger partial charge in [-0.25, -0.2) is 0 Å². The summed E-state index contributed by atoms with van der Waals surface area (Å²) in [5.74, 6) is -0.934. The number of hydrogen-bond acceptors (Lipinski definition) is 6. The van der Waals surface area contributed by atoms with E-state index in [-0.39, 0.29) is 18.1 Å². The van der Waals surface area contributed by atoms with E-state index in [9.17, 15) is 23.1 Å². The first-order valence-electron chi connectivity index (χ1n) is 15.4. The van der Waals surface area contributed by atoms with E-state index in [4.69, 9.17) is 4.55 Å². The summed E-state index contributed by atoms with van der Waals surface area (Å²) in [4.78, 5) is 28.4. The summed E-state index contributed by atoms with van der Waals surface area (Å²) in [6.07, 6.45) is 18.2. The van der Waals surface area contributed by atoms with E-state index in [1.54, 1.807) is 0 Å². The van der Waals surface area contributed by atoms with Crippen LogP contribution in [0.25, 0.3) is 12.2 Å². The highest BCUT2D eigenvalue weighted by Crippen LogP contribution is 2.31. The summed E-state index contributed by atoms with van der Waals surface area (Å²) in [6.45, 7) is 2.47. The van der Waals surface area contributed by atoms with Crippen LogP contribution in [0.2, 0.25) is 0 Å². The summed E-state index contributed by atoms with van der Waals surface area (Å²) >= 11 is 0. The number of aryl methyl sites for hydroxylation is 2. The molecule has 0 atom stereocenters. The predicted octanol–water partition coefficient (Wildman–Crippen LogP) is 5.89. The van der Waals surface area contributed by atoms with Crippen LogP contribution in [-0.2, 0) is 32.5 Å². The normalized spacial score (nSPS) is 19.0. The Labute approximate surface area is 259 Å². The molecule has 44 heavy (non-hydrogen) atoms. The van der Waals surface area contributed by atoms with Crippen LogP contribution in [0, 0.1) is 0 Å². The van der Waals surface area contributed by atoms with Crippen molar-refractivity contribution in [3.63, 3.8) is 0 Å². The lowest BCUT2D eigenvalue weighted by Gasteiger charge is -2.31. The fourth-order valence-electron chi connectivity index (χ4n) is 6.32. The Morgan fingerprint density at radius 1 is 0.795 bits per heavy atom. The number of rotatable bonds is 11. The van der Waals surface area contributed by atoms with E-state index in [1.807, 2.05) is 53.5 Å². The zero-order valence-corrected chi connectivity index (χ0v) is 25.8. The summed E-state index contributed by atoms with van der Waals surface area (Å²) in [5.41, 5.74) is 8.33. The minimum atomic E-state index is -3.91. The van der Waals surface area contributed by atoms with Crippen molar-refractivity contribution in [1.82, 2.24) is 0 Å². The van der Waals surface area contributed by atoms with Gasteiger partial charge in [0.05, 0.1) is 5.75 Å². The Bertz CT molecular complexity index is 1640. The number of anilines is 2. The molecule has 2 heterocycles. The minimum absolute atomic E-state index is 0.0132. The summed E-state index contributed by atoms with van der Waals surface area (Å²) < 4.78 is 30.9. The van der Waals surface area contributed by atoms with Gasteiger partial charge in [0, 0.05) is 42.2 Å². The van der Waals surface area contributed by atoms with Crippen LogP contribution in [0.3, 0.4) is 0 Å². The molecule has 9 heteroatoms. The fourth-order valence-corrected chi connectivity index (χ4v) is 6.88. The number of unbranched alkanes of at least 4 members (excludes halogenated alkanes) is 1. The van der Waals surface area contributed by atoms with E-state index >= 15 is 0 Å². The third-order valence-corrected chi connectivity index (χ3v) is 9.27. The lowest BCUT2D eigenvalue weighted by Crippen LogP contribution is -2.34. The van der Waals surface area contributed by atoms with Gasteiger partial charge in [-0.2, -0.15) is 8.42 Å². The standard InChI is InChI=1S/C35H40N2O6S/c38-34(39)25-37-21-6-12-31-24-27(14-18-33(31)37)8-4-10-29-16-15-28(35(29)40)9-3-7-26-13-17-32-30(23-26)11-5-20-36(32)19-1-2-22-44(41,42)43/h3-4,7-10,13-14,17-18,23-24H,1-2,5-6,11-12,15-16,19-22,25H2,(H,38,39)(H,41,42,43)/b7-3+,8-4+,28-9+,29-10+. The van der Waals surface area contributed by atoms with Gasteiger partial charge in [0.25, 0.3) is 10.1 Å². The highest BCUT2D eigenvalue weighted by Gasteiger charge is 2.22. The van der Waals surface area contributed by atoms with Crippen molar-refractivity contribution in [2.45, 2.75) is 51.4 Å². The molecule has 232 valence electrons. The number of fused-ring (bicyclic) bond motifs is 2. The van der Waals surface area contributed by atoms with Gasteiger partial charge in [-0.15, -0.1) is 0 Å². The molecule has 2 aliphatic heterocycles. The van der Waals surface area contributed by atoms with Crippen LogP contribution in [0.1, 0.15) is 60.8 Å². The molecule has 2 aromatic rings. The number of benzene rings is 2. The van der Waals surface area contributed by atoms with Crippen molar-refractivity contribution >= 4 is 45.4 Å². The van der Waals surface area contributed by atoms with E-state index in [0.717, 1.165) is 91.7 Å². The maximum Gasteiger partial charge on any atom is 0.323 e. The number of nitrogens with zero attached hydrogens (tertiary/aromatic N) is 2. The third kappa shape index (κ3) is 8.36. The molecule has 0 spiro atoms. The molecule has 3 aliphatic rings. The van der Waals surface area contributed by atoms with E-state index < -0.39 is 16.1 Å². The van der Waals surface area contributed by atoms with Gasteiger partial charge in [-0.1, -0.05) is 48.6 Å². The lowest BCUT2D eigenvalue weighted by molar-refractivity contribution is -0.135. The second kappa shape index (κ2) is 14.2. The molecule has 0 unspecified atom stereocenters. The Morgan fingerprint density at radius 3 is 1.89 bits per heavy atom. The fraction of sp³-hybridized carbons (Fsp3) is 0.371. The van der Waals surface area contributed by atoms with Gasteiger partial charge in [-0.3, -0.25) is 14.1 Å². The molecule has 1 aliphatic carbocycles. The van der Waals surface area contributed by atoms with Crippen molar-refractivity contribution in [3.05, 3.63) is 94.1 Å². The summed E-state index contributed by atoms with van der Waals surface area (Å²) in [7, 11) is -3.91. The Morgan fingerprint density at radius 2 is 1.34 bits per heavy atom. The van der Waals surface area contributed by atoms with Gasteiger partial charge in [0.15, 0.2) is 5.78 Å². The Kier molecular flexibility index (Phi) is 10.2. The maximum absolute atomic E-state index is 13.0. The van der Waals surface area contributed by atoms with Gasteiger partial charge in [-0.05, 0) is 97.9 Å². The second-order valence-corrected chi connectivity index (χ2v) is 13.3. The van der Waals surface area contributed by atoms with Crippen LogP contribution >= 0.6 is 0 Å². The first-order valence-corrected chi connectivity index (χ1v) is 17.0. The zero-order valence-electron chi connectivity index (χ0n) is 25.0. The molecule has 8 nitrogen and oxygen atoms in total. The first kappa shape index (κ1) is 31.5. The van der Waals surface area contributed by atoms with Crippen molar-refractivity contribution in [1.29, 1.82) is 0 Å². The van der Waals surface area contributed by atoms with Gasteiger partial charge < -0.3 is 14.9 Å². The van der Waals surface area contributed by atoms with Crippen LogP contribution in [0.15, 0.2) is 71.8 Å². The average Bonchev–Trinajstić information content (AvgIpc) is 3.33. The van der Waals surface area contributed by atoms with E-state index in [0.29, 0.717) is 12.8 Å². The number of carboxylic acids is 1. The first-order chi connectivity index (χ1) is 21.2. The molecule has 0 bridgehead atoms. The largest absolute Gasteiger partial charge is 0.480 e. The second-order valence-electron chi connectivity index (χ2n) is 11.7. The molecular weight excluding hydrogens is 576 g/mol. The van der Waals surface area contributed by atoms with Crippen molar-refractivity contribution < 1.29 is 27.7 Å². The van der Waals surface area contributed by atoms with Crippen LogP contribution in [-0.4, -0.2) is 61.8 Å². The molecule has 2 aromatic carbocycles. The molecule has 0 saturated heterocycles. The molecule has 1 saturated carbocycles. The van der Waals surface area contributed by atoms with Gasteiger partial charge in [0.1, 0.15) is 6.54 Å². The Hall–Kier alpha value is -3.95. The predicted molar refractivity (Wildman–Crippen MR) is 176 cm³/mol. The SMILES string of the molecule is O=C(O)CN1CCCc2cc(/C=C/C=C3\CC/C(=C\C=C\c4ccc5c(c4)CCCN5CCCCS(=O)(=O)O)C3=O)ccc21. The number of ketones is 1. The number of aliphatic carboxylic acids is 1. The monoisotopic (exact) mass is 616 g/mol. The van der Waals surface area contributed by atoms with Crippen molar-refractivity contribution in [2.75, 3.05) is 41.7 Å². The smallest absolute Gasteiger partial charge is 0.323 e. The molecule has 0 radical (unpaired) electrons. The van der Waals surface area contributed by atoms with Crippen LogP contribution in [0.4, 0.5) is 11.4 Å². The number of Topliss-reactive ketones (excluding diaryl/α,β-unsaturated/α-hetero) is 1. The maximum atomic E-state index is 13.0. The number of carbonyl (C=O) groups is 2. The quantitative estimate of drug-likeness (QED) is 0.183. The molecule has 2 N–H and O–H groups in total. The van der Waals surface area contributed by atoms with Crippen LogP contribution < -0.4 is 9.80 Å². The zero-order chi connectivity index (χ0) is 31.1.